The summed E-state index contributed by atoms with van der Waals surface area (Å²) >= 11 is 0. The largest absolute Gasteiger partial charge is 0.351 e. The van der Waals surface area contributed by atoms with Gasteiger partial charge in [0.15, 0.2) is 5.78 Å². The van der Waals surface area contributed by atoms with Crippen LogP contribution in [0.1, 0.15) is 46.0 Å². The molecule has 1 unspecified atom stereocenters. The molecule has 0 heterocycles. The molecule has 0 fully saturated rings. The van der Waals surface area contributed by atoms with Crippen LogP contribution in [0.2, 0.25) is 0 Å². The van der Waals surface area contributed by atoms with Gasteiger partial charge < -0.3 is 5.32 Å². The number of Topliss-reactive ketones (excluding diaryl/α,β-unsaturated/α-hetero) is 1. The van der Waals surface area contributed by atoms with Crippen LogP contribution in [-0.4, -0.2) is 24.2 Å². The molecule has 118 valence electrons. The molecule has 3 nitrogen and oxygen atoms in total. The van der Waals surface area contributed by atoms with E-state index in [4.69, 9.17) is 0 Å². The van der Waals surface area contributed by atoms with E-state index in [1.54, 1.807) is 13.0 Å². The van der Waals surface area contributed by atoms with Crippen molar-refractivity contribution in [2.24, 2.45) is 5.92 Å². The lowest BCUT2D eigenvalue weighted by molar-refractivity contribution is -0.145. The van der Waals surface area contributed by atoms with Gasteiger partial charge in [0.25, 0.3) is 5.91 Å². The fraction of sp³-hybridized carbons (Fsp3) is 0.625. The van der Waals surface area contributed by atoms with E-state index in [2.05, 4.69) is 11.9 Å². The molecule has 1 aliphatic rings. The number of halogens is 2. The molecule has 0 aliphatic heterocycles. The monoisotopic (exact) mass is 299 g/mol. The van der Waals surface area contributed by atoms with Crippen LogP contribution in [0.5, 0.6) is 0 Å². The third-order valence-electron chi connectivity index (χ3n) is 3.75. The Morgan fingerprint density at radius 2 is 2.19 bits per heavy atom. The van der Waals surface area contributed by atoms with Gasteiger partial charge in [-0.1, -0.05) is 31.6 Å². The Morgan fingerprint density at radius 3 is 2.76 bits per heavy atom. The van der Waals surface area contributed by atoms with Gasteiger partial charge in [-0.05, 0) is 31.3 Å². The second-order valence-corrected chi connectivity index (χ2v) is 5.60. The number of hydrogen-bond acceptors (Lipinski definition) is 2. The highest BCUT2D eigenvalue weighted by Crippen LogP contribution is 2.33. The van der Waals surface area contributed by atoms with Crippen LogP contribution in [0.3, 0.4) is 0 Å². The highest BCUT2D eigenvalue weighted by atomic mass is 19.3. The van der Waals surface area contributed by atoms with Crippen molar-refractivity contribution in [2.45, 2.75) is 51.9 Å². The minimum atomic E-state index is -3.47. The maximum atomic E-state index is 13.9. The van der Waals surface area contributed by atoms with E-state index in [1.165, 1.54) is 0 Å². The molecule has 0 aromatic heterocycles. The van der Waals surface area contributed by atoms with E-state index in [1.807, 2.05) is 6.92 Å². The third-order valence-corrected chi connectivity index (χ3v) is 3.75. The topological polar surface area (TPSA) is 46.2 Å². The average molecular weight is 299 g/mol. The predicted molar refractivity (Wildman–Crippen MR) is 78.1 cm³/mol. The Hall–Kier alpha value is -1.52. The second-order valence-electron chi connectivity index (χ2n) is 5.60. The number of nitrogens with one attached hydrogen (secondary N) is 1. The first-order valence-electron chi connectivity index (χ1n) is 7.31. The fourth-order valence-electron chi connectivity index (χ4n) is 2.23. The smallest absolute Gasteiger partial charge is 0.328 e. The van der Waals surface area contributed by atoms with E-state index in [0.29, 0.717) is 18.4 Å². The summed E-state index contributed by atoms with van der Waals surface area (Å²) in [6, 6.07) is 0. The summed E-state index contributed by atoms with van der Waals surface area (Å²) in [4.78, 5) is 23.1. The van der Waals surface area contributed by atoms with Crippen LogP contribution in [0.15, 0.2) is 23.8 Å². The number of alkyl halides is 2. The molecule has 1 amide bonds. The van der Waals surface area contributed by atoms with Gasteiger partial charge >= 0.3 is 5.92 Å². The maximum Gasteiger partial charge on any atom is 0.328 e. The van der Waals surface area contributed by atoms with Crippen molar-refractivity contribution >= 4 is 11.7 Å². The van der Waals surface area contributed by atoms with Gasteiger partial charge in [-0.2, -0.15) is 8.78 Å². The number of carbonyl (C=O) groups excluding carboxylic acids is 2. The van der Waals surface area contributed by atoms with Crippen LogP contribution >= 0.6 is 0 Å². The number of ketones is 1. The first-order chi connectivity index (χ1) is 9.77. The van der Waals surface area contributed by atoms with Gasteiger partial charge in [0.2, 0.25) is 0 Å². The Balaban J connectivity index is 2.56. The van der Waals surface area contributed by atoms with E-state index in [9.17, 15) is 18.4 Å². The summed E-state index contributed by atoms with van der Waals surface area (Å²) in [6.07, 6.45) is 3.29. The van der Waals surface area contributed by atoms with Crippen molar-refractivity contribution in [3.8, 4) is 0 Å². The zero-order valence-corrected chi connectivity index (χ0v) is 12.7. The van der Waals surface area contributed by atoms with E-state index < -0.39 is 18.3 Å². The van der Waals surface area contributed by atoms with Crippen molar-refractivity contribution in [3.05, 3.63) is 23.8 Å². The Bertz CT molecular complexity index is 455. The fourth-order valence-corrected chi connectivity index (χ4v) is 2.23. The molecule has 0 saturated heterocycles. The summed E-state index contributed by atoms with van der Waals surface area (Å²) < 4.78 is 27.7. The molecular formula is C16H23F2NO2. The number of amides is 1. The van der Waals surface area contributed by atoms with Crippen LogP contribution in [-0.2, 0) is 9.59 Å². The zero-order chi connectivity index (χ0) is 16.0. The first kappa shape index (κ1) is 17.5. The number of carbonyl (C=O) groups is 2. The molecular weight excluding hydrogens is 276 g/mol. The Kier molecular flexibility index (Phi) is 6.24. The summed E-state index contributed by atoms with van der Waals surface area (Å²) in [7, 11) is 0. The molecule has 0 radical (unpaired) electrons. The lowest BCUT2D eigenvalue weighted by Crippen LogP contribution is -2.41. The van der Waals surface area contributed by atoms with Crippen molar-refractivity contribution in [1.82, 2.24) is 5.32 Å². The number of allylic oxidation sites excluding steroid dienone is 3. The van der Waals surface area contributed by atoms with Crippen molar-refractivity contribution in [3.63, 3.8) is 0 Å². The molecule has 1 N–H and O–H groups in total. The maximum absolute atomic E-state index is 13.9. The average Bonchev–Trinajstić information content (AvgIpc) is 2.41. The molecule has 0 spiro atoms. The molecule has 5 heteroatoms. The standard InChI is InChI=1S/C16H23F2NO2/c1-4-5-8-19-15(21)16(17,18)10-12(3)13-7-6-11(2)14(20)9-13/h6,13H,3-5,7-10H2,1-2H3,(H,19,21). The van der Waals surface area contributed by atoms with Gasteiger partial charge in [-0.25, -0.2) is 0 Å². The molecule has 0 bridgehead atoms. The minimum absolute atomic E-state index is 0.0388. The number of hydrogen-bond donors (Lipinski definition) is 1. The normalized spacial score (nSPS) is 19.1. The predicted octanol–water partition coefficient (Wildman–Crippen LogP) is 3.41. The van der Waals surface area contributed by atoms with Gasteiger partial charge in [-0.3, -0.25) is 9.59 Å². The van der Waals surface area contributed by atoms with Gasteiger partial charge in [0.05, 0.1) is 0 Å². The number of rotatable bonds is 7. The van der Waals surface area contributed by atoms with Gasteiger partial charge in [-0.15, -0.1) is 0 Å². The first-order valence-corrected chi connectivity index (χ1v) is 7.31. The SMILES string of the molecule is C=C(CC(F)(F)C(=O)NCCCC)C1CC=C(C)C(=O)C1. The lowest BCUT2D eigenvalue weighted by Gasteiger charge is -2.24. The van der Waals surface area contributed by atoms with Crippen LogP contribution < -0.4 is 5.32 Å². The Labute approximate surface area is 124 Å². The zero-order valence-electron chi connectivity index (χ0n) is 12.7. The molecule has 1 atom stereocenters. The minimum Gasteiger partial charge on any atom is -0.351 e. The van der Waals surface area contributed by atoms with Crippen molar-refractivity contribution in [1.29, 1.82) is 0 Å². The molecule has 1 aliphatic carbocycles. The molecule has 1 rings (SSSR count). The van der Waals surface area contributed by atoms with E-state index in [-0.39, 0.29) is 30.2 Å². The molecule has 0 saturated carbocycles. The second kappa shape index (κ2) is 7.48. The summed E-state index contributed by atoms with van der Waals surface area (Å²) in [5, 5.41) is 2.24. The lowest BCUT2D eigenvalue weighted by atomic mass is 9.82. The van der Waals surface area contributed by atoms with E-state index >= 15 is 0 Å². The highest BCUT2D eigenvalue weighted by molar-refractivity contribution is 5.95. The van der Waals surface area contributed by atoms with Crippen molar-refractivity contribution in [2.75, 3.05) is 6.54 Å². The van der Waals surface area contributed by atoms with Gasteiger partial charge in [0, 0.05) is 19.4 Å². The summed E-state index contributed by atoms with van der Waals surface area (Å²) in [5.74, 6) is -5.06. The summed E-state index contributed by atoms with van der Waals surface area (Å²) in [6.45, 7) is 7.55. The highest BCUT2D eigenvalue weighted by Gasteiger charge is 2.40. The number of unbranched alkanes of at least 4 members (excludes halogenated alkanes) is 1. The van der Waals surface area contributed by atoms with Crippen LogP contribution in [0.25, 0.3) is 0 Å². The van der Waals surface area contributed by atoms with Crippen LogP contribution in [0.4, 0.5) is 8.78 Å². The molecule has 21 heavy (non-hydrogen) atoms. The molecule has 0 aromatic carbocycles. The Morgan fingerprint density at radius 1 is 1.52 bits per heavy atom. The third kappa shape index (κ3) is 5.06. The summed E-state index contributed by atoms with van der Waals surface area (Å²) in [5.41, 5.74) is 0.936. The van der Waals surface area contributed by atoms with Gasteiger partial charge in [0.1, 0.15) is 0 Å². The molecule has 0 aromatic rings. The van der Waals surface area contributed by atoms with Crippen molar-refractivity contribution < 1.29 is 18.4 Å². The quantitative estimate of drug-likeness (QED) is 0.578. The van der Waals surface area contributed by atoms with E-state index in [0.717, 1.165) is 6.42 Å². The van der Waals surface area contributed by atoms with Crippen LogP contribution in [0, 0.1) is 5.92 Å².